The number of carbonyl (C=O) groups is 1. The summed E-state index contributed by atoms with van der Waals surface area (Å²) in [7, 11) is 1.90. The van der Waals surface area contributed by atoms with Crippen molar-refractivity contribution in [1.82, 2.24) is 14.5 Å². The van der Waals surface area contributed by atoms with E-state index in [0.29, 0.717) is 16.4 Å². The first-order chi connectivity index (χ1) is 15.7. The summed E-state index contributed by atoms with van der Waals surface area (Å²) >= 11 is 1.93. The number of aromatic nitrogens is 2. The lowest BCUT2D eigenvalue weighted by Crippen LogP contribution is -2.63. The predicted octanol–water partition coefficient (Wildman–Crippen LogP) is 4.40. The van der Waals surface area contributed by atoms with Gasteiger partial charge in [-0.25, -0.2) is 18.2 Å². The number of nitrogens with zero attached hydrogens (tertiary/aromatic N) is 3. The van der Waals surface area contributed by atoms with Crippen LogP contribution in [0.5, 0.6) is 0 Å². The summed E-state index contributed by atoms with van der Waals surface area (Å²) in [6, 6.07) is 6.25. The molecule has 1 fully saturated rings. The Bertz CT molecular complexity index is 1190. The van der Waals surface area contributed by atoms with Gasteiger partial charge >= 0.3 is 0 Å². The van der Waals surface area contributed by atoms with E-state index in [2.05, 4.69) is 10.3 Å². The van der Waals surface area contributed by atoms with Crippen molar-refractivity contribution in [2.24, 2.45) is 7.05 Å². The normalized spacial score (nSPS) is 14.8. The van der Waals surface area contributed by atoms with Crippen LogP contribution in [0.15, 0.2) is 42.9 Å². The number of aryl methyl sites for hydroxylation is 2. The molecular weight excluding hydrogens is 548 g/mol. The highest BCUT2D eigenvalue weighted by Crippen LogP contribution is 2.33. The van der Waals surface area contributed by atoms with Crippen LogP contribution in [0.2, 0.25) is 0 Å². The van der Waals surface area contributed by atoms with Gasteiger partial charge in [0, 0.05) is 22.5 Å². The van der Waals surface area contributed by atoms with E-state index in [4.69, 9.17) is 0 Å². The number of β-amino-alcohol motifs (C(OH)–C–C–N with tert-alkyl or cyclic N) is 1. The van der Waals surface area contributed by atoms with Gasteiger partial charge in [0.25, 0.3) is 5.91 Å². The highest BCUT2D eigenvalue weighted by atomic mass is 127. The molecule has 174 valence electrons. The van der Waals surface area contributed by atoms with Crippen LogP contribution in [-0.4, -0.2) is 44.2 Å². The van der Waals surface area contributed by atoms with E-state index in [1.807, 2.05) is 34.2 Å². The van der Waals surface area contributed by atoms with Gasteiger partial charge < -0.3 is 19.9 Å². The Balaban J connectivity index is 1.45. The van der Waals surface area contributed by atoms with Gasteiger partial charge in [-0.3, -0.25) is 4.79 Å². The number of amides is 1. The molecule has 0 spiro atoms. The first-order valence-corrected chi connectivity index (χ1v) is 11.4. The Morgan fingerprint density at radius 2 is 1.97 bits per heavy atom. The summed E-state index contributed by atoms with van der Waals surface area (Å²) in [5, 5.41) is 13.2. The number of imidazole rings is 1. The number of hydrogen-bond acceptors (Lipinski definition) is 4. The van der Waals surface area contributed by atoms with E-state index >= 15 is 0 Å². The molecule has 1 aromatic heterocycles. The number of nitrogens with one attached hydrogen (secondary N) is 1. The molecule has 2 aromatic carbocycles. The number of halogens is 4. The minimum atomic E-state index is -1.27. The number of carbonyl (C=O) groups excluding carboxylic acids is 1. The van der Waals surface area contributed by atoms with Crippen molar-refractivity contribution in [3.63, 3.8) is 0 Å². The number of likely N-dealkylation sites (tertiary alicyclic amines) is 1. The van der Waals surface area contributed by atoms with Crippen LogP contribution in [0, 0.1) is 21.0 Å². The van der Waals surface area contributed by atoms with E-state index < -0.39 is 34.6 Å². The molecule has 0 radical (unpaired) electrons. The van der Waals surface area contributed by atoms with Crippen LogP contribution in [0.3, 0.4) is 0 Å². The van der Waals surface area contributed by atoms with E-state index in [1.54, 1.807) is 18.6 Å². The number of rotatable bonds is 7. The molecule has 0 aliphatic carbocycles. The van der Waals surface area contributed by atoms with Crippen LogP contribution in [0.4, 0.5) is 24.5 Å². The SMILES string of the molecule is Cn1cncc1CCCC1(O)CN(C(=O)c2ccc(F)c(F)c2Nc2ccc(I)cc2F)C1. The second kappa shape index (κ2) is 9.34. The van der Waals surface area contributed by atoms with Crippen LogP contribution >= 0.6 is 22.6 Å². The fraction of sp³-hybridized carbons (Fsp3) is 0.304. The number of aliphatic hydroxyl groups is 1. The fourth-order valence-electron chi connectivity index (χ4n) is 3.94. The van der Waals surface area contributed by atoms with Crippen LogP contribution in [0.25, 0.3) is 0 Å². The van der Waals surface area contributed by atoms with Gasteiger partial charge in [0.15, 0.2) is 11.6 Å². The van der Waals surface area contributed by atoms with Gasteiger partial charge in [0.2, 0.25) is 0 Å². The van der Waals surface area contributed by atoms with Gasteiger partial charge in [0.05, 0.1) is 42.0 Å². The molecule has 1 saturated heterocycles. The lowest BCUT2D eigenvalue weighted by atomic mass is 9.87. The van der Waals surface area contributed by atoms with Crippen molar-refractivity contribution in [2.45, 2.75) is 24.9 Å². The number of benzene rings is 2. The van der Waals surface area contributed by atoms with Crippen molar-refractivity contribution in [3.8, 4) is 0 Å². The minimum absolute atomic E-state index is 0.0769. The topological polar surface area (TPSA) is 70.4 Å². The third kappa shape index (κ3) is 5.01. The Hall–Kier alpha value is -2.60. The van der Waals surface area contributed by atoms with Crippen molar-refractivity contribution in [2.75, 3.05) is 18.4 Å². The highest BCUT2D eigenvalue weighted by molar-refractivity contribution is 14.1. The monoisotopic (exact) mass is 570 g/mol. The summed E-state index contributed by atoms with van der Waals surface area (Å²) < 4.78 is 45.3. The Morgan fingerprint density at radius 1 is 1.21 bits per heavy atom. The third-order valence-electron chi connectivity index (χ3n) is 5.77. The van der Waals surface area contributed by atoms with Crippen molar-refractivity contribution >= 4 is 39.9 Å². The quantitative estimate of drug-likeness (QED) is 0.414. The molecule has 1 aliphatic rings. The molecule has 3 aromatic rings. The molecule has 2 N–H and O–H groups in total. The van der Waals surface area contributed by atoms with Crippen LogP contribution < -0.4 is 5.32 Å². The number of anilines is 2. The molecule has 33 heavy (non-hydrogen) atoms. The summed E-state index contributed by atoms with van der Waals surface area (Å²) in [6.07, 6.45) is 5.42. The van der Waals surface area contributed by atoms with Crippen molar-refractivity contribution < 1.29 is 23.1 Å². The molecule has 6 nitrogen and oxygen atoms in total. The smallest absolute Gasteiger partial charge is 0.256 e. The average molecular weight is 570 g/mol. The first kappa shape index (κ1) is 23.6. The zero-order chi connectivity index (χ0) is 23.8. The summed E-state index contributed by atoms with van der Waals surface area (Å²) in [5.41, 5.74) is -0.645. The second-order valence-corrected chi connectivity index (χ2v) is 9.51. The lowest BCUT2D eigenvalue weighted by molar-refractivity contribution is -0.0866. The molecule has 0 unspecified atom stereocenters. The maximum atomic E-state index is 14.6. The second-order valence-electron chi connectivity index (χ2n) is 8.27. The molecule has 1 amide bonds. The highest BCUT2D eigenvalue weighted by Gasteiger charge is 2.43. The van der Waals surface area contributed by atoms with Gasteiger partial charge in [-0.2, -0.15) is 0 Å². The molecule has 0 bridgehead atoms. The minimum Gasteiger partial charge on any atom is -0.386 e. The summed E-state index contributed by atoms with van der Waals surface area (Å²) in [4.78, 5) is 18.4. The van der Waals surface area contributed by atoms with Crippen molar-refractivity contribution in [3.05, 3.63) is 75.1 Å². The average Bonchev–Trinajstić information content (AvgIpc) is 3.15. The van der Waals surface area contributed by atoms with Gasteiger partial charge in [-0.05, 0) is 72.2 Å². The van der Waals surface area contributed by atoms with Gasteiger partial charge in [-0.1, -0.05) is 0 Å². The van der Waals surface area contributed by atoms with E-state index in [-0.39, 0.29) is 24.3 Å². The van der Waals surface area contributed by atoms with Crippen LogP contribution in [-0.2, 0) is 13.5 Å². The molecular formula is C23H22F3IN4O2. The molecule has 0 atom stereocenters. The van der Waals surface area contributed by atoms with Gasteiger partial charge in [0.1, 0.15) is 5.82 Å². The number of hydrogen-bond donors (Lipinski definition) is 2. The maximum Gasteiger partial charge on any atom is 0.256 e. The zero-order valence-corrected chi connectivity index (χ0v) is 19.9. The maximum absolute atomic E-state index is 14.6. The summed E-state index contributed by atoms with van der Waals surface area (Å²) in [6.45, 7) is 0.154. The molecule has 10 heteroatoms. The molecule has 2 heterocycles. The largest absolute Gasteiger partial charge is 0.386 e. The third-order valence-corrected chi connectivity index (χ3v) is 6.44. The standard InChI is InChI=1S/C23H22F3IN4O2/c1-30-13-28-10-15(30)3-2-8-23(33)11-31(12-23)22(32)16-5-6-17(24)20(26)21(16)29-19-7-4-14(27)9-18(19)25/h4-7,9-10,13,29,33H,2-3,8,11-12H2,1H3. The summed E-state index contributed by atoms with van der Waals surface area (Å²) in [5.74, 6) is -3.66. The van der Waals surface area contributed by atoms with Crippen LogP contribution in [0.1, 0.15) is 28.9 Å². The molecule has 4 rings (SSSR count). The van der Waals surface area contributed by atoms with E-state index in [0.717, 1.165) is 24.2 Å². The zero-order valence-electron chi connectivity index (χ0n) is 17.8. The molecule has 0 saturated carbocycles. The van der Waals surface area contributed by atoms with Gasteiger partial charge in [-0.15, -0.1) is 0 Å². The fourth-order valence-corrected chi connectivity index (χ4v) is 4.39. The Kier molecular flexibility index (Phi) is 6.66. The van der Waals surface area contributed by atoms with E-state index in [9.17, 15) is 23.1 Å². The first-order valence-electron chi connectivity index (χ1n) is 10.3. The van der Waals surface area contributed by atoms with Crippen molar-refractivity contribution in [1.29, 1.82) is 0 Å². The predicted molar refractivity (Wildman–Crippen MR) is 126 cm³/mol. The Morgan fingerprint density at radius 3 is 2.64 bits per heavy atom. The van der Waals surface area contributed by atoms with E-state index in [1.165, 1.54) is 17.0 Å². The lowest BCUT2D eigenvalue weighted by Gasteiger charge is -2.46. The molecule has 1 aliphatic heterocycles. The Labute approximate surface area is 202 Å².